The van der Waals surface area contributed by atoms with E-state index in [1.54, 1.807) is 31.2 Å². The fourth-order valence-electron chi connectivity index (χ4n) is 3.63. The van der Waals surface area contributed by atoms with Crippen molar-refractivity contribution >= 4 is 22.7 Å². The number of H-pyrrole nitrogens is 1. The van der Waals surface area contributed by atoms with Gasteiger partial charge < -0.3 is 19.0 Å². The number of fused-ring (bicyclic) bond motifs is 1. The number of hydrogen-bond acceptors (Lipinski definition) is 6. The quantitative estimate of drug-likeness (QED) is 0.323. The molecule has 164 valence electrons. The zero-order chi connectivity index (χ0) is 22.8. The number of aryl methyl sites for hydroxylation is 3. The molecule has 1 atom stereocenters. The van der Waals surface area contributed by atoms with Crippen LogP contribution in [0.15, 0.2) is 53.1 Å². The number of esters is 1. The standard InChI is InChI=1S/C25H24N2O5/c1-14-21(16(3)32-27-14)13-30-19-11-9-18(10-12-19)25(29)31-17(4)24(28)23-15(2)26-22-8-6-5-7-20(22)23/h5-12,17,26H,13H2,1-4H3. The van der Waals surface area contributed by atoms with Crippen LogP contribution in [0.2, 0.25) is 0 Å². The monoisotopic (exact) mass is 432 g/mol. The van der Waals surface area contributed by atoms with Gasteiger partial charge in [-0.3, -0.25) is 4.79 Å². The first-order valence-corrected chi connectivity index (χ1v) is 10.3. The van der Waals surface area contributed by atoms with E-state index in [1.807, 2.05) is 45.0 Å². The molecule has 0 aliphatic carbocycles. The van der Waals surface area contributed by atoms with E-state index in [2.05, 4.69) is 10.1 Å². The van der Waals surface area contributed by atoms with Crippen LogP contribution in [0, 0.1) is 20.8 Å². The van der Waals surface area contributed by atoms with Gasteiger partial charge in [-0.1, -0.05) is 23.4 Å². The minimum atomic E-state index is -0.920. The van der Waals surface area contributed by atoms with E-state index in [9.17, 15) is 9.59 Å². The van der Waals surface area contributed by atoms with Gasteiger partial charge in [0.15, 0.2) is 6.10 Å². The van der Waals surface area contributed by atoms with Gasteiger partial charge in [-0.25, -0.2) is 4.79 Å². The number of nitrogens with zero attached hydrogens (tertiary/aromatic N) is 1. The molecule has 1 unspecified atom stereocenters. The lowest BCUT2D eigenvalue weighted by molar-refractivity contribution is 0.0319. The highest BCUT2D eigenvalue weighted by Gasteiger charge is 2.25. The van der Waals surface area contributed by atoms with E-state index in [0.717, 1.165) is 27.9 Å². The molecule has 7 heteroatoms. The van der Waals surface area contributed by atoms with Gasteiger partial charge in [-0.15, -0.1) is 0 Å². The average Bonchev–Trinajstić information content (AvgIpc) is 3.29. The van der Waals surface area contributed by atoms with E-state index < -0.39 is 12.1 Å². The lowest BCUT2D eigenvalue weighted by atomic mass is 10.0. The molecule has 0 aliphatic heterocycles. The van der Waals surface area contributed by atoms with Gasteiger partial charge in [0, 0.05) is 22.2 Å². The SMILES string of the molecule is Cc1noc(C)c1COc1ccc(C(=O)OC(C)C(=O)c2c(C)[nH]c3ccccc23)cc1. The van der Waals surface area contributed by atoms with Crippen molar-refractivity contribution in [3.8, 4) is 5.75 Å². The van der Waals surface area contributed by atoms with Gasteiger partial charge in [-0.2, -0.15) is 0 Å². The van der Waals surface area contributed by atoms with Crippen LogP contribution in [0.25, 0.3) is 10.9 Å². The molecule has 0 saturated heterocycles. The predicted molar refractivity (Wildman–Crippen MR) is 119 cm³/mol. The summed E-state index contributed by atoms with van der Waals surface area (Å²) in [4.78, 5) is 28.8. The summed E-state index contributed by atoms with van der Waals surface area (Å²) >= 11 is 0. The number of Topliss-reactive ketones (excluding diaryl/α,β-unsaturated/α-hetero) is 1. The molecule has 0 radical (unpaired) electrons. The van der Waals surface area contributed by atoms with Crippen molar-refractivity contribution in [2.45, 2.75) is 40.4 Å². The summed E-state index contributed by atoms with van der Waals surface area (Å²) in [6.07, 6.45) is -0.920. The van der Waals surface area contributed by atoms with E-state index >= 15 is 0 Å². The molecule has 0 saturated carbocycles. The summed E-state index contributed by atoms with van der Waals surface area (Å²) in [5.74, 6) is 0.500. The summed E-state index contributed by atoms with van der Waals surface area (Å²) in [5.41, 5.74) is 4.19. The first kappa shape index (κ1) is 21.4. The third-order valence-corrected chi connectivity index (χ3v) is 5.45. The molecule has 4 aromatic rings. The summed E-state index contributed by atoms with van der Waals surface area (Å²) < 4.78 is 16.3. The minimum Gasteiger partial charge on any atom is -0.489 e. The Kier molecular flexibility index (Phi) is 5.81. The largest absolute Gasteiger partial charge is 0.489 e. The predicted octanol–water partition coefficient (Wildman–Crippen LogP) is 5.09. The van der Waals surface area contributed by atoms with E-state index in [0.29, 0.717) is 29.2 Å². The van der Waals surface area contributed by atoms with Gasteiger partial charge in [0.2, 0.25) is 5.78 Å². The Morgan fingerprint density at radius 2 is 1.78 bits per heavy atom. The Bertz CT molecular complexity index is 1260. The van der Waals surface area contributed by atoms with Gasteiger partial charge in [0.1, 0.15) is 18.1 Å². The highest BCUT2D eigenvalue weighted by molar-refractivity contribution is 6.11. The molecule has 2 heterocycles. The molecule has 32 heavy (non-hydrogen) atoms. The zero-order valence-electron chi connectivity index (χ0n) is 18.4. The number of ether oxygens (including phenoxy) is 2. The number of aromatic nitrogens is 2. The molecule has 0 spiro atoms. The minimum absolute atomic E-state index is 0.243. The van der Waals surface area contributed by atoms with Crippen LogP contribution in [0.1, 0.15) is 50.4 Å². The van der Waals surface area contributed by atoms with Crippen molar-refractivity contribution in [2.75, 3.05) is 0 Å². The second-order valence-electron chi connectivity index (χ2n) is 7.70. The van der Waals surface area contributed by atoms with Crippen molar-refractivity contribution < 1.29 is 23.6 Å². The maximum atomic E-state index is 13.0. The van der Waals surface area contributed by atoms with E-state index in [-0.39, 0.29) is 5.78 Å². The number of benzene rings is 2. The lowest BCUT2D eigenvalue weighted by Crippen LogP contribution is -2.24. The number of rotatable bonds is 7. The Hall–Kier alpha value is -3.87. The number of para-hydroxylation sites is 1. The number of carbonyl (C=O) groups excluding carboxylic acids is 2. The third-order valence-electron chi connectivity index (χ3n) is 5.45. The molecule has 0 bridgehead atoms. The van der Waals surface area contributed by atoms with Crippen molar-refractivity contribution in [2.24, 2.45) is 0 Å². The molecule has 0 fully saturated rings. The number of aromatic amines is 1. The average molecular weight is 432 g/mol. The van der Waals surface area contributed by atoms with Gasteiger partial charge in [0.25, 0.3) is 0 Å². The Morgan fingerprint density at radius 3 is 2.47 bits per heavy atom. The van der Waals surface area contributed by atoms with Gasteiger partial charge in [0.05, 0.1) is 16.8 Å². The Balaban J connectivity index is 1.41. The topological polar surface area (TPSA) is 94.4 Å². The van der Waals surface area contributed by atoms with Gasteiger partial charge >= 0.3 is 5.97 Å². The molecule has 2 aromatic heterocycles. The highest BCUT2D eigenvalue weighted by Crippen LogP contribution is 2.24. The molecule has 1 N–H and O–H groups in total. The van der Waals surface area contributed by atoms with E-state index in [4.69, 9.17) is 14.0 Å². The van der Waals surface area contributed by atoms with Crippen LogP contribution in [-0.4, -0.2) is 28.0 Å². The third kappa shape index (κ3) is 4.14. The van der Waals surface area contributed by atoms with Crippen LogP contribution in [-0.2, 0) is 11.3 Å². The molecule has 7 nitrogen and oxygen atoms in total. The highest BCUT2D eigenvalue weighted by atomic mass is 16.5. The molecular weight excluding hydrogens is 408 g/mol. The van der Waals surface area contributed by atoms with Crippen molar-refractivity contribution in [1.82, 2.24) is 10.1 Å². The van der Waals surface area contributed by atoms with Crippen LogP contribution in [0.5, 0.6) is 5.75 Å². The lowest BCUT2D eigenvalue weighted by Gasteiger charge is -2.13. The van der Waals surface area contributed by atoms with Crippen molar-refractivity contribution in [3.05, 3.63) is 82.4 Å². The van der Waals surface area contributed by atoms with Crippen LogP contribution in [0.3, 0.4) is 0 Å². The Morgan fingerprint density at radius 1 is 1.06 bits per heavy atom. The molecular formula is C25H24N2O5. The van der Waals surface area contributed by atoms with Crippen LogP contribution >= 0.6 is 0 Å². The maximum Gasteiger partial charge on any atom is 0.338 e. The normalized spacial score (nSPS) is 12.0. The molecule has 4 rings (SSSR count). The number of ketones is 1. The van der Waals surface area contributed by atoms with E-state index in [1.165, 1.54) is 0 Å². The summed E-state index contributed by atoms with van der Waals surface area (Å²) in [5, 5.41) is 4.72. The molecule has 2 aromatic carbocycles. The van der Waals surface area contributed by atoms with Gasteiger partial charge in [-0.05, 0) is 58.0 Å². The second kappa shape index (κ2) is 8.70. The summed E-state index contributed by atoms with van der Waals surface area (Å²) in [7, 11) is 0. The first-order chi connectivity index (χ1) is 15.3. The fraction of sp³-hybridized carbons (Fsp3) is 0.240. The number of nitrogens with one attached hydrogen (secondary N) is 1. The van der Waals surface area contributed by atoms with Crippen molar-refractivity contribution in [1.29, 1.82) is 0 Å². The summed E-state index contributed by atoms with van der Waals surface area (Å²) in [6, 6.07) is 14.2. The first-order valence-electron chi connectivity index (χ1n) is 10.3. The Labute approximate surface area is 185 Å². The maximum absolute atomic E-state index is 13.0. The molecule has 0 amide bonds. The van der Waals surface area contributed by atoms with Crippen LogP contribution < -0.4 is 4.74 Å². The fourth-order valence-corrected chi connectivity index (χ4v) is 3.63. The summed E-state index contributed by atoms with van der Waals surface area (Å²) in [6.45, 7) is 7.43. The number of hydrogen-bond donors (Lipinski definition) is 1. The second-order valence-corrected chi connectivity index (χ2v) is 7.70. The number of carbonyl (C=O) groups is 2. The zero-order valence-corrected chi connectivity index (χ0v) is 18.4. The molecule has 0 aliphatic rings. The van der Waals surface area contributed by atoms with Crippen LogP contribution in [0.4, 0.5) is 0 Å². The van der Waals surface area contributed by atoms with Crippen molar-refractivity contribution in [3.63, 3.8) is 0 Å². The smallest absolute Gasteiger partial charge is 0.338 e.